The van der Waals surface area contributed by atoms with E-state index < -0.39 is 46.8 Å². The van der Waals surface area contributed by atoms with E-state index in [2.05, 4.69) is 20.5 Å². The molecule has 1 aromatic carbocycles. The molecule has 1 amide bonds. The number of nitrogens with one attached hydrogen (secondary N) is 2. The van der Waals surface area contributed by atoms with E-state index in [0.717, 1.165) is 24.3 Å². The topological polar surface area (TPSA) is 135 Å². The first kappa shape index (κ1) is 26.5. The van der Waals surface area contributed by atoms with Crippen LogP contribution in [-0.2, 0) is 11.2 Å². The highest BCUT2D eigenvalue weighted by atomic mass is 19.1. The minimum absolute atomic E-state index is 0.133. The van der Waals surface area contributed by atoms with Gasteiger partial charge in [-0.3, -0.25) is 9.89 Å². The third kappa shape index (κ3) is 6.24. The molecule has 0 unspecified atom stereocenters. The van der Waals surface area contributed by atoms with E-state index in [9.17, 15) is 22.4 Å². The molecule has 37 heavy (non-hydrogen) atoms. The van der Waals surface area contributed by atoms with E-state index in [1.54, 1.807) is 0 Å². The predicted molar refractivity (Wildman–Crippen MR) is 124 cm³/mol. The molecule has 2 aromatic heterocycles. The van der Waals surface area contributed by atoms with Gasteiger partial charge in [-0.2, -0.15) is 5.10 Å². The van der Waals surface area contributed by atoms with Crippen molar-refractivity contribution in [3.63, 3.8) is 0 Å². The Morgan fingerprint density at radius 1 is 1.22 bits per heavy atom. The van der Waals surface area contributed by atoms with E-state index >= 15 is 0 Å². The fourth-order valence-electron chi connectivity index (χ4n) is 3.91. The lowest BCUT2D eigenvalue weighted by Gasteiger charge is -2.15. The largest absolute Gasteiger partial charge is 0.491 e. The van der Waals surface area contributed by atoms with Crippen LogP contribution in [-0.4, -0.2) is 64.3 Å². The van der Waals surface area contributed by atoms with Crippen LogP contribution in [0.4, 0.5) is 23.2 Å². The number of anilines is 1. The predicted octanol–water partition coefficient (Wildman–Crippen LogP) is 2.90. The molecule has 4 rings (SSSR count). The number of aliphatic hydroxyl groups excluding tert-OH is 1. The zero-order valence-corrected chi connectivity index (χ0v) is 19.5. The Bertz CT molecular complexity index is 1220. The quantitative estimate of drug-likeness (QED) is 0.334. The number of H-pyrrole nitrogens is 1. The number of pyridine rings is 1. The number of hydrogen-bond donors (Lipinski definition) is 4. The van der Waals surface area contributed by atoms with Gasteiger partial charge in [0, 0.05) is 24.6 Å². The fraction of sp³-hybridized carbons (Fsp3) is 0.375. The van der Waals surface area contributed by atoms with Crippen LogP contribution in [0, 0.1) is 17.5 Å². The Hall–Kier alpha value is -3.55. The smallest absolute Gasteiger partial charge is 0.274 e. The molecule has 0 saturated carbocycles. The van der Waals surface area contributed by atoms with Gasteiger partial charge in [-0.05, 0) is 25.0 Å². The first-order valence-electron chi connectivity index (χ1n) is 11.5. The van der Waals surface area contributed by atoms with Gasteiger partial charge >= 0.3 is 0 Å². The van der Waals surface area contributed by atoms with E-state index in [-0.39, 0.29) is 49.5 Å². The SMILES string of the molecule is N[C@@H]1CC[C@@H](Cc2[nH]ncc2NC(=O)c2ccc(F)c(-c3c(F)cc(OCCO)cc3F)n2)OC[C@H]1F. The van der Waals surface area contributed by atoms with Crippen LogP contribution in [0.25, 0.3) is 11.3 Å². The lowest BCUT2D eigenvalue weighted by atomic mass is 10.0. The first-order valence-corrected chi connectivity index (χ1v) is 11.5. The zero-order valence-electron chi connectivity index (χ0n) is 19.5. The number of aliphatic hydroxyl groups is 1. The molecule has 3 aromatic rings. The van der Waals surface area contributed by atoms with Gasteiger partial charge in [0.25, 0.3) is 5.91 Å². The molecule has 0 bridgehead atoms. The van der Waals surface area contributed by atoms with Gasteiger partial charge in [0.15, 0.2) is 0 Å². The standard InChI is InChI=1S/C24H25F4N5O4/c25-14-2-4-19(31-23(14)22-15(26)7-13(8-16(22)27)36-6-5-34)24(35)32-21-10-30-33-20(21)9-12-1-3-18(29)17(28)11-37-12/h2,4,7-8,10,12,17-18,34H,1,3,5-6,9,11,29H2,(H,30,33)(H,32,35)/t12-,17+,18+/m0/s1. The Kier molecular flexibility index (Phi) is 8.36. The second-order valence-electron chi connectivity index (χ2n) is 8.49. The minimum atomic E-state index is -1.26. The van der Waals surface area contributed by atoms with E-state index in [1.807, 2.05) is 0 Å². The van der Waals surface area contributed by atoms with Crippen LogP contribution in [0.2, 0.25) is 0 Å². The molecule has 9 nitrogen and oxygen atoms in total. The molecular formula is C24H25F4N5O4. The number of rotatable bonds is 8. The molecule has 5 N–H and O–H groups in total. The van der Waals surface area contributed by atoms with Gasteiger partial charge in [-0.1, -0.05) is 0 Å². The second kappa shape index (κ2) is 11.7. The Morgan fingerprint density at radius 3 is 2.70 bits per heavy atom. The van der Waals surface area contributed by atoms with Crippen molar-refractivity contribution in [2.75, 3.05) is 25.1 Å². The minimum Gasteiger partial charge on any atom is -0.491 e. The van der Waals surface area contributed by atoms with Crippen LogP contribution in [0.15, 0.2) is 30.5 Å². The summed E-state index contributed by atoms with van der Waals surface area (Å²) in [6.45, 7) is -0.685. The average Bonchev–Trinajstić information content (AvgIpc) is 3.23. The van der Waals surface area contributed by atoms with Crippen LogP contribution in [0.1, 0.15) is 29.0 Å². The lowest BCUT2D eigenvalue weighted by molar-refractivity contribution is 0.0295. The van der Waals surface area contributed by atoms with Gasteiger partial charge in [0.05, 0.1) is 42.5 Å². The van der Waals surface area contributed by atoms with Crippen LogP contribution >= 0.6 is 0 Å². The molecular weight excluding hydrogens is 498 g/mol. The summed E-state index contributed by atoms with van der Waals surface area (Å²) in [5, 5.41) is 18.1. The van der Waals surface area contributed by atoms with Crippen molar-refractivity contribution in [1.82, 2.24) is 15.2 Å². The first-order chi connectivity index (χ1) is 17.8. The molecule has 198 valence electrons. The molecule has 1 saturated heterocycles. The number of ether oxygens (including phenoxy) is 2. The lowest BCUT2D eigenvalue weighted by Crippen LogP contribution is -2.32. The Balaban J connectivity index is 1.52. The number of aromatic amines is 1. The number of benzene rings is 1. The summed E-state index contributed by atoms with van der Waals surface area (Å²) in [7, 11) is 0. The molecule has 1 fully saturated rings. The van der Waals surface area contributed by atoms with Crippen LogP contribution < -0.4 is 15.8 Å². The molecule has 0 radical (unpaired) electrons. The maximum atomic E-state index is 14.6. The number of alkyl halides is 1. The molecule has 0 aliphatic carbocycles. The Labute approximate surface area is 209 Å². The number of nitrogens with two attached hydrogens (primary N) is 1. The number of halogens is 4. The molecule has 1 aliphatic heterocycles. The summed E-state index contributed by atoms with van der Waals surface area (Å²) in [5.41, 5.74) is 4.76. The second-order valence-corrected chi connectivity index (χ2v) is 8.49. The van der Waals surface area contributed by atoms with E-state index in [1.165, 1.54) is 6.20 Å². The number of hydrogen-bond acceptors (Lipinski definition) is 7. The Morgan fingerprint density at radius 2 is 1.97 bits per heavy atom. The number of aromatic nitrogens is 3. The van der Waals surface area contributed by atoms with E-state index in [4.69, 9.17) is 20.3 Å². The average molecular weight is 523 g/mol. The maximum Gasteiger partial charge on any atom is 0.274 e. The van der Waals surface area contributed by atoms with Gasteiger partial charge < -0.3 is 25.6 Å². The van der Waals surface area contributed by atoms with Crippen molar-refractivity contribution in [2.24, 2.45) is 5.73 Å². The van der Waals surface area contributed by atoms with Gasteiger partial charge in [-0.25, -0.2) is 22.5 Å². The summed E-state index contributed by atoms with van der Waals surface area (Å²) < 4.78 is 68.2. The van der Waals surface area contributed by atoms with Crippen molar-refractivity contribution in [3.8, 4) is 17.0 Å². The summed E-state index contributed by atoms with van der Waals surface area (Å²) in [4.78, 5) is 16.7. The molecule has 1 aliphatic rings. The number of carbonyl (C=O) groups excluding carboxylic acids is 1. The highest BCUT2D eigenvalue weighted by molar-refractivity contribution is 6.03. The van der Waals surface area contributed by atoms with Crippen molar-refractivity contribution < 1.29 is 36.9 Å². The van der Waals surface area contributed by atoms with Gasteiger partial charge in [0.1, 0.15) is 47.4 Å². The molecule has 3 heterocycles. The third-order valence-corrected chi connectivity index (χ3v) is 5.87. The number of nitrogens with zero attached hydrogens (tertiary/aromatic N) is 2. The van der Waals surface area contributed by atoms with Crippen molar-refractivity contribution in [1.29, 1.82) is 0 Å². The van der Waals surface area contributed by atoms with Crippen LogP contribution in [0.5, 0.6) is 5.75 Å². The maximum absolute atomic E-state index is 14.6. The van der Waals surface area contributed by atoms with Gasteiger partial charge in [-0.15, -0.1) is 0 Å². The molecule has 13 heteroatoms. The number of amides is 1. The summed E-state index contributed by atoms with van der Waals surface area (Å²) in [6, 6.07) is 2.99. The van der Waals surface area contributed by atoms with Crippen molar-refractivity contribution >= 4 is 11.6 Å². The fourth-order valence-corrected chi connectivity index (χ4v) is 3.91. The highest BCUT2D eigenvalue weighted by Gasteiger charge is 2.27. The van der Waals surface area contributed by atoms with Crippen LogP contribution in [0.3, 0.4) is 0 Å². The van der Waals surface area contributed by atoms with Gasteiger partial charge in [0.2, 0.25) is 0 Å². The number of carbonyl (C=O) groups is 1. The molecule has 3 atom stereocenters. The van der Waals surface area contributed by atoms with Crippen molar-refractivity contribution in [3.05, 3.63) is 59.3 Å². The summed E-state index contributed by atoms with van der Waals surface area (Å²) in [5.74, 6) is -4.34. The highest BCUT2D eigenvalue weighted by Crippen LogP contribution is 2.31. The summed E-state index contributed by atoms with van der Waals surface area (Å²) in [6.07, 6.45) is 0.974. The molecule has 0 spiro atoms. The van der Waals surface area contributed by atoms with Crippen molar-refractivity contribution in [2.45, 2.75) is 37.6 Å². The monoisotopic (exact) mass is 523 g/mol. The summed E-state index contributed by atoms with van der Waals surface area (Å²) >= 11 is 0. The zero-order chi connectivity index (χ0) is 26.5. The third-order valence-electron chi connectivity index (χ3n) is 5.87. The normalized spacial score (nSPS) is 19.9. The van der Waals surface area contributed by atoms with E-state index in [0.29, 0.717) is 18.5 Å².